The molecule has 1 aromatic rings. The van der Waals surface area contributed by atoms with Crippen LogP contribution < -0.4 is 10.5 Å². The molecule has 1 amide bonds. The van der Waals surface area contributed by atoms with Crippen LogP contribution >= 0.6 is 0 Å². The summed E-state index contributed by atoms with van der Waals surface area (Å²) in [6.45, 7) is 5.94. The minimum Gasteiger partial charge on any atom is -0.496 e. The van der Waals surface area contributed by atoms with Gasteiger partial charge in [0.1, 0.15) is 5.75 Å². The molecule has 0 radical (unpaired) electrons. The molecule has 0 fully saturated rings. The molecule has 0 aliphatic carbocycles. The Morgan fingerprint density at radius 3 is 2.40 bits per heavy atom. The van der Waals surface area contributed by atoms with Crippen molar-refractivity contribution in [3.63, 3.8) is 0 Å². The zero-order valence-electron chi connectivity index (χ0n) is 9.68. The van der Waals surface area contributed by atoms with E-state index < -0.39 is 0 Å². The van der Waals surface area contributed by atoms with Crippen molar-refractivity contribution in [2.75, 3.05) is 7.11 Å². The molecule has 0 aromatic heterocycles. The normalized spacial score (nSPS) is 10.1. The summed E-state index contributed by atoms with van der Waals surface area (Å²) in [5.41, 5.74) is 9.37. The number of aryl methyl sites for hydroxylation is 1. The van der Waals surface area contributed by atoms with Crippen molar-refractivity contribution >= 4 is 5.91 Å². The van der Waals surface area contributed by atoms with Crippen molar-refractivity contribution in [2.24, 2.45) is 5.73 Å². The molecule has 0 aliphatic rings. The average molecular weight is 207 g/mol. The van der Waals surface area contributed by atoms with Crippen LogP contribution in [0.2, 0.25) is 0 Å². The van der Waals surface area contributed by atoms with Gasteiger partial charge in [0, 0.05) is 0 Å². The van der Waals surface area contributed by atoms with Crippen LogP contribution in [0.4, 0.5) is 0 Å². The van der Waals surface area contributed by atoms with Crippen LogP contribution in [-0.2, 0) is 11.2 Å². The van der Waals surface area contributed by atoms with Gasteiger partial charge in [0.05, 0.1) is 13.5 Å². The van der Waals surface area contributed by atoms with E-state index in [1.54, 1.807) is 7.11 Å². The molecule has 3 nitrogen and oxygen atoms in total. The molecule has 0 aliphatic heterocycles. The molecule has 15 heavy (non-hydrogen) atoms. The van der Waals surface area contributed by atoms with E-state index in [1.165, 1.54) is 0 Å². The minimum absolute atomic E-state index is 0.289. The van der Waals surface area contributed by atoms with Crippen molar-refractivity contribution < 1.29 is 9.53 Å². The lowest BCUT2D eigenvalue weighted by Gasteiger charge is -2.14. The lowest BCUT2D eigenvalue weighted by Crippen LogP contribution is -2.15. The summed E-state index contributed by atoms with van der Waals surface area (Å²) >= 11 is 0. The number of hydrogen-bond donors (Lipinski definition) is 1. The maximum Gasteiger partial charge on any atom is 0.221 e. The van der Waals surface area contributed by atoms with Gasteiger partial charge in [-0.2, -0.15) is 0 Å². The van der Waals surface area contributed by atoms with Crippen LogP contribution in [0.25, 0.3) is 0 Å². The summed E-state index contributed by atoms with van der Waals surface area (Å²) in [6, 6.07) is 1.96. The zero-order chi connectivity index (χ0) is 11.6. The molecule has 0 bridgehead atoms. The fourth-order valence-electron chi connectivity index (χ4n) is 1.83. The molecule has 82 valence electrons. The molecular weight excluding hydrogens is 190 g/mol. The van der Waals surface area contributed by atoms with E-state index in [4.69, 9.17) is 10.5 Å². The van der Waals surface area contributed by atoms with Gasteiger partial charge in [0.2, 0.25) is 5.91 Å². The zero-order valence-corrected chi connectivity index (χ0v) is 9.68. The molecule has 0 saturated heterocycles. The van der Waals surface area contributed by atoms with Gasteiger partial charge in [-0.3, -0.25) is 4.79 Å². The first kappa shape index (κ1) is 11.6. The lowest BCUT2D eigenvalue weighted by molar-refractivity contribution is -0.117. The number of primary amides is 1. The van der Waals surface area contributed by atoms with Gasteiger partial charge in [-0.25, -0.2) is 0 Å². The summed E-state index contributed by atoms with van der Waals surface area (Å²) in [7, 11) is 1.66. The molecule has 0 atom stereocenters. The first-order valence-electron chi connectivity index (χ1n) is 4.89. The number of ether oxygens (including phenoxy) is 1. The average Bonchev–Trinajstić information content (AvgIpc) is 2.14. The van der Waals surface area contributed by atoms with E-state index in [9.17, 15) is 4.79 Å². The number of rotatable bonds is 3. The van der Waals surface area contributed by atoms with Crippen molar-refractivity contribution in [1.29, 1.82) is 0 Å². The number of carbonyl (C=O) groups is 1. The van der Waals surface area contributed by atoms with Crippen molar-refractivity contribution in [3.8, 4) is 5.75 Å². The van der Waals surface area contributed by atoms with E-state index in [2.05, 4.69) is 0 Å². The molecular formula is C12H17NO2. The van der Waals surface area contributed by atoms with Crippen molar-refractivity contribution in [2.45, 2.75) is 27.2 Å². The van der Waals surface area contributed by atoms with Crippen molar-refractivity contribution in [3.05, 3.63) is 28.3 Å². The van der Waals surface area contributed by atoms with Crippen LogP contribution in [0, 0.1) is 20.8 Å². The Morgan fingerprint density at radius 2 is 1.93 bits per heavy atom. The number of hydrogen-bond acceptors (Lipinski definition) is 2. The maximum atomic E-state index is 10.9. The van der Waals surface area contributed by atoms with Crippen LogP contribution in [0.15, 0.2) is 6.07 Å². The van der Waals surface area contributed by atoms with Gasteiger partial charge in [0.15, 0.2) is 0 Å². The molecule has 0 spiro atoms. The molecule has 0 heterocycles. The molecule has 1 rings (SSSR count). The number of methoxy groups -OCH3 is 1. The highest BCUT2D eigenvalue weighted by molar-refractivity contribution is 5.77. The quantitative estimate of drug-likeness (QED) is 0.819. The summed E-state index contributed by atoms with van der Waals surface area (Å²) in [5.74, 6) is 0.586. The SMILES string of the molecule is COc1c(C)cc(CC(N)=O)c(C)c1C. The third kappa shape index (κ3) is 2.29. The molecule has 2 N–H and O–H groups in total. The highest BCUT2D eigenvalue weighted by atomic mass is 16.5. The third-order valence-electron chi connectivity index (χ3n) is 2.70. The van der Waals surface area contributed by atoms with Gasteiger partial charge in [-0.15, -0.1) is 0 Å². The maximum absolute atomic E-state index is 10.9. The highest BCUT2D eigenvalue weighted by Crippen LogP contribution is 2.28. The first-order chi connectivity index (χ1) is 6.97. The Morgan fingerprint density at radius 1 is 1.33 bits per heavy atom. The van der Waals surface area contributed by atoms with E-state index >= 15 is 0 Å². The first-order valence-corrected chi connectivity index (χ1v) is 4.89. The Balaban J connectivity index is 3.27. The Kier molecular flexibility index (Phi) is 3.35. The predicted octanol–water partition coefficient (Wildman–Crippen LogP) is 1.65. The number of amides is 1. The fourth-order valence-corrected chi connectivity index (χ4v) is 1.83. The molecule has 1 aromatic carbocycles. The largest absolute Gasteiger partial charge is 0.496 e. The third-order valence-corrected chi connectivity index (χ3v) is 2.70. The van der Waals surface area contributed by atoms with Gasteiger partial charge in [0.25, 0.3) is 0 Å². The van der Waals surface area contributed by atoms with Gasteiger partial charge < -0.3 is 10.5 Å². The van der Waals surface area contributed by atoms with E-state index in [1.807, 2.05) is 26.8 Å². The monoisotopic (exact) mass is 207 g/mol. The fraction of sp³-hybridized carbons (Fsp3) is 0.417. The lowest BCUT2D eigenvalue weighted by atomic mass is 9.96. The van der Waals surface area contributed by atoms with Crippen molar-refractivity contribution in [1.82, 2.24) is 0 Å². The van der Waals surface area contributed by atoms with Crippen LogP contribution in [0.3, 0.4) is 0 Å². The molecule has 0 saturated carbocycles. The van der Waals surface area contributed by atoms with Gasteiger partial charge in [-0.1, -0.05) is 6.07 Å². The van der Waals surface area contributed by atoms with Gasteiger partial charge >= 0.3 is 0 Å². The molecule has 0 unspecified atom stereocenters. The number of benzene rings is 1. The van der Waals surface area contributed by atoms with E-state index in [0.717, 1.165) is 28.0 Å². The second-order valence-corrected chi connectivity index (χ2v) is 3.78. The Bertz CT molecular complexity index is 397. The second-order valence-electron chi connectivity index (χ2n) is 3.78. The van der Waals surface area contributed by atoms with Crippen LogP contribution in [-0.4, -0.2) is 13.0 Å². The number of nitrogens with two attached hydrogens (primary N) is 1. The summed E-state index contributed by atoms with van der Waals surface area (Å²) in [5, 5.41) is 0. The van der Waals surface area contributed by atoms with Gasteiger partial charge in [-0.05, 0) is 43.0 Å². The molecule has 3 heteroatoms. The minimum atomic E-state index is -0.304. The predicted molar refractivity (Wildman–Crippen MR) is 60.1 cm³/mol. The Labute approximate surface area is 90.2 Å². The highest BCUT2D eigenvalue weighted by Gasteiger charge is 2.11. The Hall–Kier alpha value is -1.51. The number of carbonyl (C=O) groups excluding carboxylic acids is 1. The van der Waals surface area contributed by atoms with E-state index in [-0.39, 0.29) is 12.3 Å². The summed E-state index contributed by atoms with van der Waals surface area (Å²) < 4.78 is 5.30. The van der Waals surface area contributed by atoms with Crippen LogP contribution in [0.5, 0.6) is 5.75 Å². The standard InChI is InChI=1S/C12H17NO2/c1-7-5-10(6-11(13)14)8(2)9(3)12(7)15-4/h5H,6H2,1-4H3,(H2,13,14). The van der Waals surface area contributed by atoms with Crippen LogP contribution in [0.1, 0.15) is 22.3 Å². The topological polar surface area (TPSA) is 52.3 Å². The second kappa shape index (κ2) is 4.34. The smallest absolute Gasteiger partial charge is 0.221 e. The summed E-state index contributed by atoms with van der Waals surface area (Å²) in [6.07, 6.45) is 0.289. The van der Waals surface area contributed by atoms with E-state index in [0.29, 0.717) is 0 Å². The summed E-state index contributed by atoms with van der Waals surface area (Å²) in [4.78, 5) is 10.9.